The molecule has 0 amide bonds. The average Bonchev–Trinajstić information content (AvgIpc) is 2.00. The summed E-state index contributed by atoms with van der Waals surface area (Å²) in [5.74, 6) is 0.455. The second-order valence-corrected chi connectivity index (χ2v) is 4.74. The van der Waals surface area contributed by atoms with Gasteiger partial charge in [-0.3, -0.25) is 0 Å². The normalized spacial score (nSPS) is 46.8. The largest absolute Gasteiger partial charge is 0.390 e. The van der Waals surface area contributed by atoms with Gasteiger partial charge in [0, 0.05) is 0 Å². The minimum absolute atomic E-state index is 0.107. The summed E-state index contributed by atoms with van der Waals surface area (Å²) >= 11 is 0. The molecule has 0 radical (unpaired) electrons. The molecule has 3 heteroatoms. The molecule has 0 saturated heterocycles. The Bertz CT molecular complexity index is 175. The van der Waals surface area contributed by atoms with Gasteiger partial charge in [-0.15, -0.1) is 0 Å². The van der Waals surface area contributed by atoms with E-state index < -0.39 is 17.8 Å². The zero-order valence-electron chi connectivity index (χ0n) is 8.57. The van der Waals surface area contributed by atoms with E-state index >= 15 is 0 Å². The minimum Gasteiger partial charge on any atom is -0.390 e. The number of aliphatic hydroxyl groups is 3. The van der Waals surface area contributed by atoms with Gasteiger partial charge in [0.25, 0.3) is 0 Å². The highest BCUT2D eigenvalue weighted by molar-refractivity contribution is 4.95. The van der Waals surface area contributed by atoms with Gasteiger partial charge in [-0.2, -0.15) is 0 Å². The first-order chi connectivity index (χ1) is 5.86. The molecule has 78 valence electrons. The van der Waals surface area contributed by atoms with Gasteiger partial charge >= 0.3 is 0 Å². The molecule has 0 aromatic rings. The molecule has 4 atom stereocenters. The molecule has 0 heterocycles. The van der Waals surface area contributed by atoms with E-state index in [1.54, 1.807) is 6.92 Å². The summed E-state index contributed by atoms with van der Waals surface area (Å²) in [7, 11) is 0. The van der Waals surface area contributed by atoms with Crippen LogP contribution in [0.15, 0.2) is 0 Å². The fraction of sp³-hybridized carbons (Fsp3) is 1.00. The van der Waals surface area contributed by atoms with Crippen LogP contribution in [-0.2, 0) is 0 Å². The van der Waals surface area contributed by atoms with Crippen molar-refractivity contribution in [3.63, 3.8) is 0 Å². The molecular weight excluding hydrogens is 168 g/mol. The lowest BCUT2D eigenvalue weighted by atomic mass is 9.71. The van der Waals surface area contributed by atoms with Gasteiger partial charge in [-0.25, -0.2) is 0 Å². The molecule has 0 spiro atoms. The van der Waals surface area contributed by atoms with Gasteiger partial charge in [0.1, 0.15) is 6.10 Å². The summed E-state index contributed by atoms with van der Waals surface area (Å²) in [5, 5.41) is 29.1. The predicted octanol–water partition coefficient (Wildman–Crippen LogP) is 0.525. The molecule has 13 heavy (non-hydrogen) atoms. The Hall–Kier alpha value is -0.120. The van der Waals surface area contributed by atoms with Crippen LogP contribution in [0.5, 0.6) is 0 Å². The van der Waals surface area contributed by atoms with Crippen LogP contribution in [-0.4, -0.2) is 33.1 Å². The Morgan fingerprint density at radius 2 is 1.85 bits per heavy atom. The number of aliphatic hydroxyl groups excluding tert-OH is 2. The lowest BCUT2D eigenvalue weighted by molar-refractivity contribution is -0.166. The van der Waals surface area contributed by atoms with E-state index in [2.05, 4.69) is 0 Å². The van der Waals surface area contributed by atoms with Crippen molar-refractivity contribution in [2.75, 3.05) is 0 Å². The maximum atomic E-state index is 9.73. The van der Waals surface area contributed by atoms with Crippen molar-refractivity contribution < 1.29 is 15.3 Å². The summed E-state index contributed by atoms with van der Waals surface area (Å²) in [5.41, 5.74) is -1.12. The van der Waals surface area contributed by atoms with Crippen LogP contribution < -0.4 is 0 Å². The highest BCUT2D eigenvalue weighted by Gasteiger charge is 2.44. The quantitative estimate of drug-likeness (QED) is 0.562. The zero-order chi connectivity index (χ0) is 10.2. The van der Waals surface area contributed by atoms with Gasteiger partial charge in [0.05, 0.1) is 11.7 Å². The molecule has 0 bridgehead atoms. The smallest absolute Gasteiger partial charge is 0.108 e. The molecule has 3 N–H and O–H groups in total. The lowest BCUT2D eigenvalue weighted by Crippen LogP contribution is -2.54. The fourth-order valence-electron chi connectivity index (χ4n) is 2.11. The van der Waals surface area contributed by atoms with E-state index in [0.717, 1.165) is 6.42 Å². The first-order valence-corrected chi connectivity index (χ1v) is 4.95. The highest BCUT2D eigenvalue weighted by atomic mass is 16.4. The van der Waals surface area contributed by atoms with Crippen LogP contribution in [0.25, 0.3) is 0 Å². The lowest BCUT2D eigenvalue weighted by Gasteiger charge is -2.43. The topological polar surface area (TPSA) is 60.7 Å². The van der Waals surface area contributed by atoms with E-state index in [4.69, 9.17) is 0 Å². The summed E-state index contributed by atoms with van der Waals surface area (Å²) in [6.07, 6.45) is -0.450. The summed E-state index contributed by atoms with van der Waals surface area (Å²) in [6, 6.07) is 0. The van der Waals surface area contributed by atoms with Crippen LogP contribution >= 0.6 is 0 Å². The third kappa shape index (κ3) is 2.03. The maximum absolute atomic E-state index is 9.73. The Kier molecular flexibility index (Phi) is 3.00. The zero-order valence-corrected chi connectivity index (χ0v) is 8.57. The average molecular weight is 188 g/mol. The van der Waals surface area contributed by atoms with E-state index in [9.17, 15) is 15.3 Å². The number of hydrogen-bond acceptors (Lipinski definition) is 3. The van der Waals surface area contributed by atoms with Gasteiger partial charge < -0.3 is 15.3 Å². The Morgan fingerprint density at radius 1 is 1.31 bits per heavy atom. The van der Waals surface area contributed by atoms with Crippen LogP contribution in [0, 0.1) is 11.8 Å². The molecule has 1 rings (SSSR count). The van der Waals surface area contributed by atoms with Crippen LogP contribution in [0.1, 0.15) is 33.6 Å². The predicted molar refractivity (Wildman–Crippen MR) is 50.2 cm³/mol. The third-order valence-electron chi connectivity index (χ3n) is 3.24. The first kappa shape index (κ1) is 11.0. The Morgan fingerprint density at radius 3 is 2.31 bits per heavy atom. The number of hydrogen-bond donors (Lipinski definition) is 3. The van der Waals surface area contributed by atoms with Crippen molar-refractivity contribution in [1.29, 1.82) is 0 Å². The molecule has 0 aromatic carbocycles. The van der Waals surface area contributed by atoms with Gasteiger partial charge in [-0.05, 0) is 31.6 Å². The fourth-order valence-corrected chi connectivity index (χ4v) is 2.11. The van der Waals surface area contributed by atoms with E-state index in [0.29, 0.717) is 12.3 Å². The molecule has 0 unspecified atom stereocenters. The molecule has 1 fully saturated rings. The first-order valence-electron chi connectivity index (χ1n) is 4.95. The molecule has 1 aliphatic rings. The summed E-state index contributed by atoms with van der Waals surface area (Å²) in [4.78, 5) is 0. The standard InChI is InChI=1S/C10H20O3/c1-6(2)7-4-5-10(3,13)9(12)8(7)11/h6-9,11-13H,4-5H2,1-3H3/t7-,8+,9-,10+/m1/s1. The number of rotatable bonds is 1. The van der Waals surface area contributed by atoms with Crippen molar-refractivity contribution in [2.45, 2.75) is 51.4 Å². The van der Waals surface area contributed by atoms with Gasteiger partial charge in [-0.1, -0.05) is 13.8 Å². The van der Waals surface area contributed by atoms with E-state index in [1.165, 1.54) is 0 Å². The molecule has 0 aliphatic heterocycles. The van der Waals surface area contributed by atoms with Gasteiger partial charge in [0.2, 0.25) is 0 Å². The summed E-state index contributed by atoms with van der Waals surface area (Å²) < 4.78 is 0. The monoisotopic (exact) mass is 188 g/mol. The van der Waals surface area contributed by atoms with Crippen molar-refractivity contribution in [3.05, 3.63) is 0 Å². The minimum atomic E-state index is -1.12. The van der Waals surface area contributed by atoms with Crippen molar-refractivity contribution in [3.8, 4) is 0 Å². The molecule has 1 aliphatic carbocycles. The van der Waals surface area contributed by atoms with Gasteiger partial charge in [0.15, 0.2) is 0 Å². The second-order valence-electron chi connectivity index (χ2n) is 4.74. The van der Waals surface area contributed by atoms with E-state index in [-0.39, 0.29) is 5.92 Å². The molecular formula is C10H20O3. The molecule has 3 nitrogen and oxygen atoms in total. The Balaban J connectivity index is 2.70. The SMILES string of the molecule is CC(C)[C@H]1CC[C@](C)(O)[C@H](O)[C@H]1O. The van der Waals surface area contributed by atoms with Crippen LogP contribution in [0.2, 0.25) is 0 Å². The summed E-state index contributed by atoms with van der Waals surface area (Å²) in [6.45, 7) is 5.64. The van der Waals surface area contributed by atoms with Crippen LogP contribution in [0.3, 0.4) is 0 Å². The van der Waals surface area contributed by atoms with Crippen molar-refractivity contribution >= 4 is 0 Å². The second kappa shape index (κ2) is 3.56. The molecule has 1 saturated carbocycles. The van der Waals surface area contributed by atoms with Crippen molar-refractivity contribution in [1.82, 2.24) is 0 Å². The Labute approximate surface area is 79.4 Å². The third-order valence-corrected chi connectivity index (χ3v) is 3.24. The highest BCUT2D eigenvalue weighted by Crippen LogP contribution is 2.35. The van der Waals surface area contributed by atoms with Crippen LogP contribution in [0.4, 0.5) is 0 Å². The molecule has 0 aromatic heterocycles. The maximum Gasteiger partial charge on any atom is 0.108 e. The van der Waals surface area contributed by atoms with Crippen molar-refractivity contribution in [2.24, 2.45) is 11.8 Å². The van der Waals surface area contributed by atoms with E-state index in [1.807, 2.05) is 13.8 Å².